The molecule has 2 heterocycles. The molecule has 0 radical (unpaired) electrons. The van der Waals surface area contributed by atoms with E-state index in [1.54, 1.807) is 24.3 Å². The number of nitrogens with one attached hydrogen (secondary N) is 3. The van der Waals surface area contributed by atoms with Gasteiger partial charge in [0.2, 0.25) is 27.0 Å². The Morgan fingerprint density at radius 3 is 2.32 bits per heavy atom. The second-order valence-corrected chi connectivity index (χ2v) is 12.2. The van der Waals surface area contributed by atoms with Crippen LogP contribution in [-0.4, -0.2) is 59.5 Å². The Hall–Kier alpha value is -3.33. The van der Waals surface area contributed by atoms with Crippen LogP contribution in [0.2, 0.25) is 0 Å². The SMILES string of the molecule is CC(=O)Nc1cccc(NC(=O)CSc2nnc(NC(=O)c3ccc(S(=O)(=O)N4CCCC4)cc3)s2)c1. The van der Waals surface area contributed by atoms with Crippen LogP contribution in [0.4, 0.5) is 16.5 Å². The summed E-state index contributed by atoms with van der Waals surface area (Å²) in [6.07, 6.45) is 1.70. The molecule has 1 fully saturated rings. The maximum Gasteiger partial charge on any atom is 0.257 e. The van der Waals surface area contributed by atoms with E-state index in [9.17, 15) is 22.8 Å². The van der Waals surface area contributed by atoms with Crippen molar-refractivity contribution in [2.45, 2.75) is 29.0 Å². The fourth-order valence-corrected chi connectivity index (χ4v) is 6.61. The van der Waals surface area contributed by atoms with Gasteiger partial charge in [-0.15, -0.1) is 10.2 Å². The Morgan fingerprint density at radius 1 is 0.973 bits per heavy atom. The van der Waals surface area contributed by atoms with Gasteiger partial charge < -0.3 is 10.6 Å². The largest absolute Gasteiger partial charge is 0.326 e. The minimum Gasteiger partial charge on any atom is -0.326 e. The lowest BCUT2D eigenvalue weighted by atomic mass is 10.2. The van der Waals surface area contributed by atoms with Crippen LogP contribution in [0.3, 0.4) is 0 Å². The molecule has 194 valence electrons. The van der Waals surface area contributed by atoms with Gasteiger partial charge in [-0.1, -0.05) is 29.2 Å². The lowest BCUT2D eigenvalue weighted by molar-refractivity contribution is -0.114. The number of amides is 3. The van der Waals surface area contributed by atoms with Gasteiger partial charge in [-0.3, -0.25) is 19.7 Å². The monoisotopic (exact) mass is 560 g/mol. The molecule has 0 bridgehead atoms. The van der Waals surface area contributed by atoms with E-state index in [4.69, 9.17) is 0 Å². The normalized spacial score (nSPS) is 13.8. The predicted molar refractivity (Wildman–Crippen MR) is 142 cm³/mol. The molecule has 0 atom stereocenters. The minimum absolute atomic E-state index is 0.0693. The number of benzene rings is 2. The van der Waals surface area contributed by atoms with Crippen molar-refractivity contribution in [3.63, 3.8) is 0 Å². The van der Waals surface area contributed by atoms with Gasteiger partial charge >= 0.3 is 0 Å². The number of aromatic nitrogens is 2. The van der Waals surface area contributed by atoms with E-state index in [-0.39, 0.29) is 33.2 Å². The third-order valence-corrected chi connectivity index (χ3v) is 9.12. The van der Waals surface area contributed by atoms with Crippen LogP contribution in [-0.2, 0) is 19.6 Å². The molecule has 1 aromatic heterocycles. The summed E-state index contributed by atoms with van der Waals surface area (Å²) in [6.45, 7) is 2.42. The highest BCUT2D eigenvalue weighted by atomic mass is 32.2. The summed E-state index contributed by atoms with van der Waals surface area (Å²) in [5, 5.41) is 16.2. The van der Waals surface area contributed by atoms with Crippen LogP contribution in [0.25, 0.3) is 0 Å². The molecule has 37 heavy (non-hydrogen) atoms. The van der Waals surface area contributed by atoms with Crippen LogP contribution in [0.1, 0.15) is 30.1 Å². The van der Waals surface area contributed by atoms with Gasteiger partial charge in [0.05, 0.1) is 10.6 Å². The van der Waals surface area contributed by atoms with Gasteiger partial charge in [0, 0.05) is 37.0 Å². The molecule has 11 nitrogen and oxygen atoms in total. The van der Waals surface area contributed by atoms with E-state index in [0.29, 0.717) is 28.8 Å². The van der Waals surface area contributed by atoms with E-state index < -0.39 is 15.9 Å². The molecule has 14 heteroatoms. The van der Waals surface area contributed by atoms with Gasteiger partial charge in [0.1, 0.15) is 0 Å². The van der Waals surface area contributed by atoms with E-state index >= 15 is 0 Å². The average molecular weight is 561 g/mol. The fraction of sp³-hybridized carbons (Fsp3) is 0.261. The average Bonchev–Trinajstić information content (AvgIpc) is 3.56. The molecule has 1 aliphatic rings. The Kier molecular flexibility index (Phi) is 8.53. The first-order valence-electron chi connectivity index (χ1n) is 11.3. The fourth-order valence-electron chi connectivity index (χ4n) is 3.55. The van der Waals surface area contributed by atoms with Crippen LogP contribution in [0.5, 0.6) is 0 Å². The molecule has 4 rings (SSSR count). The van der Waals surface area contributed by atoms with Crippen molar-refractivity contribution < 1.29 is 22.8 Å². The second-order valence-electron chi connectivity index (χ2n) is 8.06. The van der Waals surface area contributed by atoms with Gasteiger partial charge in [0.25, 0.3) is 5.91 Å². The zero-order valence-corrected chi connectivity index (χ0v) is 22.2. The summed E-state index contributed by atoms with van der Waals surface area (Å²) >= 11 is 2.28. The standard InChI is InChI=1S/C23H24N6O5S3/c1-15(30)24-17-5-4-6-18(13-17)25-20(31)14-35-23-28-27-22(36-23)26-21(32)16-7-9-19(10-8-16)37(33,34)29-11-2-3-12-29/h4-10,13H,2-3,11-12,14H2,1H3,(H,24,30)(H,25,31)(H,26,27,32). The number of nitrogens with zero attached hydrogens (tertiary/aromatic N) is 3. The molecular formula is C23H24N6O5S3. The van der Waals surface area contributed by atoms with Gasteiger partial charge in [-0.05, 0) is 55.3 Å². The third-order valence-electron chi connectivity index (χ3n) is 5.24. The Labute approximate surface area is 222 Å². The number of hydrogen-bond acceptors (Lipinski definition) is 9. The molecule has 0 saturated carbocycles. The van der Waals surface area contributed by atoms with Crippen LogP contribution < -0.4 is 16.0 Å². The van der Waals surface area contributed by atoms with E-state index in [2.05, 4.69) is 26.1 Å². The van der Waals surface area contributed by atoms with E-state index in [0.717, 1.165) is 35.9 Å². The molecule has 0 unspecified atom stereocenters. The number of hydrogen-bond donors (Lipinski definition) is 3. The zero-order chi connectivity index (χ0) is 26.4. The summed E-state index contributed by atoms with van der Waals surface area (Å²) < 4.78 is 27.2. The van der Waals surface area contributed by atoms with Gasteiger partial charge in [-0.25, -0.2) is 8.42 Å². The summed E-state index contributed by atoms with van der Waals surface area (Å²) in [5.41, 5.74) is 1.40. The summed E-state index contributed by atoms with van der Waals surface area (Å²) in [5.74, 6) is -0.857. The maximum atomic E-state index is 12.6. The predicted octanol–water partition coefficient (Wildman–Crippen LogP) is 3.26. The number of sulfonamides is 1. The van der Waals surface area contributed by atoms with Crippen molar-refractivity contribution in [3.8, 4) is 0 Å². The number of anilines is 3. The molecule has 3 amide bonds. The Balaban J connectivity index is 1.28. The van der Waals surface area contributed by atoms with Crippen molar-refractivity contribution in [3.05, 3.63) is 54.1 Å². The molecule has 1 aliphatic heterocycles. The zero-order valence-electron chi connectivity index (χ0n) is 19.8. The number of carbonyl (C=O) groups excluding carboxylic acids is 3. The van der Waals surface area contributed by atoms with Crippen LogP contribution >= 0.6 is 23.1 Å². The lowest BCUT2D eigenvalue weighted by Crippen LogP contribution is -2.27. The third kappa shape index (κ3) is 7.13. The van der Waals surface area contributed by atoms with Crippen molar-refractivity contribution in [2.24, 2.45) is 0 Å². The van der Waals surface area contributed by atoms with Crippen molar-refractivity contribution in [2.75, 3.05) is 34.8 Å². The van der Waals surface area contributed by atoms with E-state index in [1.165, 1.54) is 35.5 Å². The summed E-state index contributed by atoms with van der Waals surface area (Å²) in [7, 11) is -3.55. The topological polar surface area (TPSA) is 150 Å². The van der Waals surface area contributed by atoms with Gasteiger partial charge in [-0.2, -0.15) is 4.31 Å². The lowest BCUT2D eigenvalue weighted by Gasteiger charge is -2.15. The molecule has 0 aliphatic carbocycles. The highest BCUT2D eigenvalue weighted by Crippen LogP contribution is 2.27. The molecule has 3 aromatic rings. The highest BCUT2D eigenvalue weighted by molar-refractivity contribution is 8.01. The first-order chi connectivity index (χ1) is 17.7. The van der Waals surface area contributed by atoms with Crippen LogP contribution in [0.15, 0.2) is 57.8 Å². The summed E-state index contributed by atoms with van der Waals surface area (Å²) in [6, 6.07) is 12.6. The Morgan fingerprint density at radius 2 is 1.65 bits per heavy atom. The summed E-state index contributed by atoms with van der Waals surface area (Å²) in [4.78, 5) is 36.2. The smallest absolute Gasteiger partial charge is 0.257 e. The van der Waals surface area contributed by atoms with Crippen LogP contribution in [0, 0.1) is 0 Å². The first-order valence-corrected chi connectivity index (χ1v) is 14.5. The number of thioether (sulfide) groups is 1. The quantitative estimate of drug-likeness (QED) is 0.267. The number of rotatable bonds is 9. The van der Waals surface area contributed by atoms with Gasteiger partial charge in [0.15, 0.2) is 4.34 Å². The first kappa shape index (κ1) is 26.7. The molecular weight excluding hydrogens is 536 g/mol. The molecule has 3 N–H and O–H groups in total. The maximum absolute atomic E-state index is 12.6. The molecule has 2 aromatic carbocycles. The minimum atomic E-state index is -3.55. The Bertz CT molecular complexity index is 1400. The number of carbonyl (C=O) groups is 3. The second kappa shape index (κ2) is 11.8. The van der Waals surface area contributed by atoms with Crippen molar-refractivity contribution in [1.29, 1.82) is 0 Å². The van der Waals surface area contributed by atoms with E-state index in [1.807, 2.05) is 0 Å². The van der Waals surface area contributed by atoms with Crippen molar-refractivity contribution in [1.82, 2.24) is 14.5 Å². The molecule has 1 saturated heterocycles. The van der Waals surface area contributed by atoms with Crippen molar-refractivity contribution >= 4 is 67.3 Å². The molecule has 0 spiro atoms. The highest BCUT2D eigenvalue weighted by Gasteiger charge is 2.27.